The lowest BCUT2D eigenvalue weighted by Crippen LogP contribution is -2.53. The number of halogens is 1. The van der Waals surface area contributed by atoms with Crippen LogP contribution in [0.5, 0.6) is 0 Å². The van der Waals surface area contributed by atoms with Crippen molar-refractivity contribution in [1.29, 1.82) is 0 Å². The fourth-order valence-electron chi connectivity index (χ4n) is 5.19. The third-order valence-electron chi connectivity index (χ3n) is 7.53. The highest BCUT2D eigenvalue weighted by molar-refractivity contribution is 6.77. The van der Waals surface area contributed by atoms with Gasteiger partial charge in [0.25, 0.3) is 0 Å². The monoisotopic (exact) mass is 464 g/mol. The van der Waals surface area contributed by atoms with Crippen molar-refractivity contribution in [2.24, 2.45) is 11.8 Å². The maximum Gasteiger partial charge on any atom is 0.227 e. The smallest absolute Gasteiger partial charge is 0.227 e. The van der Waals surface area contributed by atoms with Crippen molar-refractivity contribution in [2.75, 3.05) is 0 Å². The van der Waals surface area contributed by atoms with E-state index in [1.807, 2.05) is 6.92 Å². The molecule has 0 N–H and O–H groups in total. The maximum atomic E-state index is 12.1. The van der Waals surface area contributed by atoms with E-state index in [1.165, 1.54) is 0 Å². The summed E-state index contributed by atoms with van der Waals surface area (Å²) < 4.78 is 13.9. The Hall–Kier alpha value is 0.314. The van der Waals surface area contributed by atoms with E-state index in [-0.39, 0.29) is 29.3 Å². The summed E-state index contributed by atoms with van der Waals surface area (Å²) in [6.45, 7) is 26.8. The number of hydrogen-bond donors (Lipinski definition) is 0. The minimum Gasteiger partial charge on any atom is -0.413 e. The molecule has 0 saturated carbocycles. The minimum atomic E-state index is -2.01. The molecular formula is C23H49ClO3Si2. The van der Waals surface area contributed by atoms with E-state index in [0.29, 0.717) is 16.6 Å². The summed E-state index contributed by atoms with van der Waals surface area (Å²) in [5.41, 5.74) is 1.58. The van der Waals surface area contributed by atoms with Crippen molar-refractivity contribution in [3.05, 3.63) is 0 Å². The fraction of sp³-hybridized carbons (Fsp3) is 0.957. The normalized spacial score (nSPS) is 17.7. The zero-order valence-corrected chi connectivity index (χ0v) is 24.0. The van der Waals surface area contributed by atoms with Crippen LogP contribution in [0.1, 0.15) is 83.1 Å². The van der Waals surface area contributed by atoms with Gasteiger partial charge in [-0.3, -0.25) is 4.79 Å². The minimum absolute atomic E-state index is 0.0228. The molecule has 174 valence electrons. The Morgan fingerprint density at radius 2 is 1.14 bits per heavy atom. The quantitative estimate of drug-likeness (QED) is 0.193. The Bertz CT molecular complexity index is 462. The summed E-state index contributed by atoms with van der Waals surface area (Å²) >= 11 is 5.98. The largest absolute Gasteiger partial charge is 0.413 e. The molecule has 0 aliphatic carbocycles. The Kier molecular flexibility index (Phi) is 12.5. The lowest BCUT2D eigenvalue weighted by atomic mass is 9.91. The van der Waals surface area contributed by atoms with Gasteiger partial charge in [0.1, 0.15) is 0 Å². The van der Waals surface area contributed by atoms with Gasteiger partial charge in [0.2, 0.25) is 13.6 Å². The first kappa shape index (κ1) is 29.3. The maximum absolute atomic E-state index is 12.1. The van der Waals surface area contributed by atoms with E-state index >= 15 is 0 Å². The second kappa shape index (κ2) is 12.4. The number of hydrogen-bond acceptors (Lipinski definition) is 3. The summed E-state index contributed by atoms with van der Waals surface area (Å²) in [4.78, 5) is 12.1. The first-order valence-electron chi connectivity index (χ1n) is 11.8. The number of carbonyl (C=O) groups is 1. The summed E-state index contributed by atoms with van der Waals surface area (Å²) in [5, 5.41) is -0.305. The van der Waals surface area contributed by atoms with E-state index in [9.17, 15) is 4.79 Å². The van der Waals surface area contributed by atoms with Gasteiger partial charge < -0.3 is 8.85 Å². The highest BCUT2D eigenvalue weighted by Crippen LogP contribution is 2.44. The van der Waals surface area contributed by atoms with Crippen molar-refractivity contribution in [3.8, 4) is 0 Å². The molecule has 0 radical (unpaired) electrons. The lowest BCUT2D eigenvalue weighted by Gasteiger charge is -2.47. The molecule has 3 nitrogen and oxygen atoms in total. The molecule has 0 aliphatic heterocycles. The van der Waals surface area contributed by atoms with E-state index in [0.717, 1.165) is 18.1 Å². The van der Waals surface area contributed by atoms with E-state index in [1.54, 1.807) is 0 Å². The lowest BCUT2D eigenvalue weighted by molar-refractivity contribution is -0.119. The number of carbonyl (C=O) groups excluding carboxylic acids is 1. The molecule has 0 aromatic heterocycles. The SMILES string of the molecule is CC[Si](CC)(CC)O[C@@H]([C@@H](C)[C@@H](C)O[Si](C(C)C)(C(C)C)C(C)C)[C@@H](C)C(=O)Cl. The molecular weight excluding hydrogens is 416 g/mol. The molecule has 0 unspecified atom stereocenters. The summed E-state index contributed by atoms with van der Waals surface area (Å²) in [6, 6.07) is 3.18. The highest BCUT2D eigenvalue weighted by Gasteiger charge is 2.48. The molecule has 0 bridgehead atoms. The van der Waals surface area contributed by atoms with Gasteiger partial charge in [-0.05, 0) is 53.3 Å². The second-order valence-corrected chi connectivity index (χ2v) is 20.4. The molecule has 0 heterocycles. The predicted molar refractivity (Wildman–Crippen MR) is 133 cm³/mol. The van der Waals surface area contributed by atoms with Crippen LogP contribution in [0.4, 0.5) is 0 Å². The van der Waals surface area contributed by atoms with E-state index in [2.05, 4.69) is 76.2 Å². The molecule has 0 aliphatic rings. The first-order valence-corrected chi connectivity index (χ1v) is 16.9. The van der Waals surface area contributed by atoms with Gasteiger partial charge in [-0.25, -0.2) is 0 Å². The number of rotatable bonds is 14. The van der Waals surface area contributed by atoms with Gasteiger partial charge in [0.05, 0.1) is 12.0 Å². The molecule has 0 aromatic rings. The summed E-state index contributed by atoms with van der Waals surface area (Å²) in [5.74, 6) is -0.227. The average molecular weight is 465 g/mol. The standard InChI is InChI=1S/C23H49ClO3Si2/c1-13-28(14-2,15-3)27-22(20(11)23(24)25)19(10)21(12)26-29(16(4)5,17(6)7)18(8)9/h16-22H,13-15H2,1-12H3/t19-,20+,21+,22-/m0/s1. The van der Waals surface area contributed by atoms with Crippen LogP contribution in [0.2, 0.25) is 34.8 Å². The van der Waals surface area contributed by atoms with Crippen LogP contribution in [0, 0.1) is 11.8 Å². The van der Waals surface area contributed by atoms with Crippen LogP contribution in [0.3, 0.4) is 0 Å². The zero-order chi connectivity index (χ0) is 23.2. The van der Waals surface area contributed by atoms with Crippen LogP contribution in [0.15, 0.2) is 0 Å². The predicted octanol–water partition coefficient (Wildman–Crippen LogP) is 8.00. The first-order chi connectivity index (χ1) is 13.3. The molecule has 0 rings (SSSR count). The van der Waals surface area contributed by atoms with Crippen LogP contribution >= 0.6 is 11.6 Å². The second-order valence-electron chi connectivity index (χ2n) is 9.92. The van der Waals surface area contributed by atoms with Crippen LogP contribution < -0.4 is 0 Å². The van der Waals surface area contributed by atoms with E-state index in [4.69, 9.17) is 20.5 Å². The average Bonchev–Trinajstić information content (AvgIpc) is 2.65. The Labute approximate surface area is 188 Å². The van der Waals surface area contributed by atoms with Crippen molar-refractivity contribution >= 4 is 33.5 Å². The van der Waals surface area contributed by atoms with Crippen molar-refractivity contribution < 1.29 is 13.6 Å². The van der Waals surface area contributed by atoms with Gasteiger partial charge in [-0.15, -0.1) is 0 Å². The fourth-order valence-corrected chi connectivity index (χ4v) is 14.0. The molecule has 0 fully saturated rings. The Balaban J connectivity index is 5.94. The third kappa shape index (κ3) is 6.90. The van der Waals surface area contributed by atoms with Gasteiger partial charge in [-0.1, -0.05) is 76.2 Å². The summed E-state index contributed by atoms with van der Waals surface area (Å²) in [7, 11) is -3.88. The molecule has 0 aromatic carbocycles. The van der Waals surface area contributed by atoms with Gasteiger partial charge in [-0.2, -0.15) is 0 Å². The molecule has 29 heavy (non-hydrogen) atoms. The molecule has 0 amide bonds. The van der Waals surface area contributed by atoms with E-state index < -0.39 is 16.6 Å². The van der Waals surface area contributed by atoms with Crippen LogP contribution in [-0.4, -0.2) is 34.1 Å². The van der Waals surface area contributed by atoms with Gasteiger partial charge in [0.15, 0.2) is 8.32 Å². The molecule has 0 spiro atoms. The highest BCUT2D eigenvalue weighted by atomic mass is 35.5. The third-order valence-corrected chi connectivity index (χ3v) is 18.7. The zero-order valence-electron chi connectivity index (χ0n) is 21.3. The summed E-state index contributed by atoms with van der Waals surface area (Å²) in [6.07, 6.45) is -0.172. The van der Waals surface area contributed by atoms with Crippen LogP contribution in [-0.2, 0) is 13.6 Å². The molecule has 6 heteroatoms. The van der Waals surface area contributed by atoms with Crippen LogP contribution in [0.25, 0.3) is 0 Å². The van der Waals surface area contributed by atoms with Gasteiger partial charge in [0, 0.05) is 12.0 Å². The van der Waals surface area contributed by atoms with Gasteiger partial charge >= 0.3 is 0 Å². The van der Waals surface area contributed by atoms with Crippen molar-refractivity contribution in [3.63, 3.8) is 0 Å². The Morgan fingerprint density at radius 1 is 0.759 bits per heavy atom. The molecule has 0 saturated heterocycles. The topological polar surface area (TPSA) is 35.5 Å². The Morgan fingerprint density at radius 3 is 1.41 bits per heavy atom. The van der Waals surface area contributed by atoms with Crippen molar-refractivity contribution in [1.82, 2.24) is 0 Å². The van der Waals surface area contributed by atoms with Crippen molar-refractivity contribution in [2.45, 2.75) is 130 Å². The molecule has 4 atom stereocenters.